The number of halogens is 3. The summed E-state index contributed by atoms with van der Waals surface area (Å²) < 4.78 is 43.3. The largest absolute Gasteiger partial charge is 0.495 e. The van der Waals surface area contributed by atoms with Crippen molar-refractivity contribution in [3.05, 3.63) is 54.1 Å². The van der Waals surface area contributed by atoms with Gasteiger partial charge >= 0.3 is 6.18 Å². The molecule has 0 aliphatic carbocycles. The normalized spacial score (nSPS) is 12.5. The van der Waals surface area contributed by atoms with Gasteiger partial charge in [0.2, 0.25) is 5.91 Å². The number of thioether (sulfide) groups is 1. The van der Waals surface area contributed by atoms with Crippen LogP contribution in [0, 0.1) is 0 Å². The summed E-state index contributed by atoms with van der Waals surface area (Å²) in [5.41, 5.74) is -0.216. The Kier molecular flexibility index (Phi) is 5.77. The molecule has 0 fully saturated rings. The minimum Gasteiger partial charge on any atom is -0.495 e. The third-order valence-corrected chi connectivity index (χ3v) is 4.30. The van der Waals surface area contributed by atoms with Crippen LogP contribution in [0.25, 0.3) is 0 Å². The van der Waals surface area contributed by atoms with Gasteiger partial charge < -0.3 is 10.1 Å². The van der Waals surface area contributed by atoms with E-state index in [1.165, 1.54) is 13.2 Å². The Bertz CT molecular complexity index is 719. The maximum atomic E-state index is 12.7. The van der Waals surface area contributed by atoms with Crippen LogP contribution in [-0.4, -0.2) is 18.3 Å². The zero-order valence-corrected chi connectivity index (χ0v) is 13.9. The molecule has 2 aromatic rings. The molecule has 0 aliphatic heterocycles. The van der Waals surface area contributed by atoms with Gasteiger partial charge in [0, 0.05) is 4.90 Å². The van der Waals surface area contributed by atoms with Crippen molar-refractivity contribution in [2.24, 2.45) is 0 Å². The Morgan fingerprint density at radius 2 is 1.88 bits per heavy atom. The van der Waals surface area contributed by atoms with E-state index in [-0.39, 0.29) is 5.91 Å². The highest BCUT2D eigenvalue weighted by Crippen LogP contribution is 2.33. The number of para-hydroxylation sites is 2. The summed E-state index contributed by atoms with van der Waals surface area (Å²) in [6.07, 6.45) is -4.40. The maximum Gasteiger partial charge on any atom is 0.416 e. The van der Waals surface area contributed by atoms with Gasteiger partial charge in [-0.3, -0.25) is 4.79 Å². The Morgan fingerprint density at radius 3 is 2.54 bits per heavy atom. The van der Waals surface area contributed by atoms with Crippen LogP contribution >= 0.6 is 11.8 Å². The second-order valence-electron chi connectivity index (χ2n) is 4.98. The van der Waals surface area contributed by atoms with E-state index in [1.54, 1.807) is 37.3 Å². The highest BCUT2D eigenvalue weighted by Gasteiger charge is 2.30. The molecule has 128 valence electrons. The molecule has 0 unspecified atom stereocenters. The van der Waals surface area contributed by atoms with Crippen molar-refractivity contribution < 1.29 is 22.7 Å². The second kappa shape index (κ2) is 7.61. The van der Waals surface area contributed by atoms with Crippen LogP contribution in [0.4, 0.5) is 18.9 Å². The quantitative estimate of drug-likeness (QED) is 0.781. The van der Waals surface area contributed by atoms with Crippen molar-refractivity contribution in [3.63, 3.8) is 0 Å². The lowest BCUT2D eigenvalue weighted by Crippen LogP contribution is -2.22. The monoisotopic (exact) mass is 355 g/mol. The number of rotatable bonds is 5. The molecule has 1 atom stereocenters. The third kappa shape index (κ3) is 4.67. The van der Waals surface area contributed by atoms with Crippen molar-refractivity contribution in [2.45, 2.75) is 23.2 Å². The number of hydrogen-bond donors (Lipinski definition) is 1. The van der Waals surface area contributed by atoms with Crippen LogP contribution in [0.3, 0.4) is 0 Å². The first-order valence-electron chi connectivity index (χ1n) is 7.09. The standard InChI is InChI=1S/C17H16F3NO2S/c1-11(16(22)21-14-8-3-4-9-15(14)23-2)24-13-7-5-6-12(10-13)17(18,19)20/h3-11H,1-2H3,(H,21,22)/t11-/m0/s1. The van der Waals surface area contributed by atoms with E-state index in [4.69, 9.17) is 4.74 Å². The van der Waals surface area contributed by atoms with Gasteiger partial charge in [-0.25, -0.2) is 0 Å². The molecule has 2 rings (SSSR count). The Hall–Kier alpha value is -2.15. The van der Waals surface area contributed by atoms with Gasteiger partial charge in [-0.1, -0.05) is 18.2 Å². The topological polar surface area (TPSA) is 38.3 Å². The summed E-state index contributed by atoms with van der Waals surface area (Å²) in [6.45, 7) is 1.63. The van der Waals surface area contributed by atoms with Gasteiger partial charge in [0.05, 0.1) is 23.6 Å². The number of benzene rings is 2. The highest BCUT2D eigenvalue weighted by atomic mass is 32.2. The summed E-state index contributed by atoms with van der Waals surface area (Å²) in [5, 5.41) is 2.15. The predicted molar refractivity (Wildman–Crippen MR) is 88.4 cm³/mol. The lowest BCUT2D eigenvalue weighted by atomic mass is 10.2. The van der Waals surface area contributed by atoms with Gasteiger partial charge in [0.25, 0.3) is 0 Å². The molecule has 1 N–H and O–H groups in total. The minimum absolute atomic E-state index is 0.318. The number of ether oxygens (including phenoxy) is 1. The number of carbonyl (C=O) groups is 1. The molecule has 0 spiro atoms. The minimum atomic E-state index is -4.40. The smallest absolute Gasteiger partial charge is 0.416 e. The van der Waals surface area contributed by atoms with Gasteiger partial charge in [-0.2, -0.15) is 13.2 Å². The molecular weight excluding hydrogens is 339 g/mol. The van der Waals surface area contributed by atoms with Crippen molar-refractivity contribution in [1.29, 1.82) is 0 Å². The van der Waals surface area contributed by atoms with E-state index in [0.29, 0.717) is 16.3 Å². The summed E-state index contributed by atoms with van der Waals surface area (Å²) in [7, 11) is 1.49. The molecule has 1 amide bonds. The molecule has 0 aromatic heterocycles. The number of nitrogens with one attached hydrogen (secondary N) is 1. The van der Waals surface area contributed by atoms with Crippen LogP contribution in [0.2, 0.25) is 0 Å². The number of anilines is 1. The summed E-state index contributed by atoms with van der Waals surface area (Å²) >= 11 is 1.06. The zero-order valence-electron chi connectivity index (χ0n) is 13.1. The Labute approximate surface area is 142 Å². The summed E-state index contributed by atoms with van der Waals surface area (Å²) in [4.78, 5) is 12.6. The molecule has 24 heavy (non-hydrogen) atoms. The molecule has 7 heteroatoms. The van der Waals surface area contributed by atoms with E-state index < -0.39 is 17.0 Å². The molecule has 3 nitrogen and oxygen atoms in total. The van der Waals surface area contributed by atoms with Crippen LogP contribution in [-0.2, 0) is 11.0 Å². The SMILES string of the molecule is COc1ccccc1NC(=O)[C@H](C)Sc1cccc(C(F)(F)F)c1. The molecule has 0 saturated heterocycles. The van der Waals surface area contributed by atoms with E-state index in [9.17, 15) is 18.0 Å². The fraction of sp³-hybridized carbons (Fsp3) is 0.235. The number of amides is 1. The average molecular weight is 355 g/mol. The zero-order chi connectivity index (χ0) is 17.7. The van der Waals surface area contributed by atoms with Gasteiger partial charge in [-0.15, -0.1) is 11.8 Å². The van der Waals surface area contributed by atoms with E-state index in [1.807, 2.05) is 0 Å². The number of alkyl halides is 3. The van der Waals surface area contributed by atoms with Crippen LogP contribution in [0.5, 0.6) is 5.75 Å². The Balaban J connectivity index is 2.07. The first-order valence-corrected chi connectivity index (χ1v) is 7.97. The fourth-order valence-corrected chi connectivity index (χ4v) is 2.91. The lowest BCUT2D eigenvalue weighted by Gasteiger charge is -2.15. The molecule has 0 heterocycles. The first kappa shape index (κ1) is 18.2. The first-order chi connectivity index (χ1) is 11.3. The second-order valence-corrected chi connectivity index (χ2v) is 6.39. The van der Waals surface area contributed by atoms with E-state index in [0.717, 1.165) is 23.9 Å². The lowest BCUT2D eigenvalue weighted by molar-refractivity contribution is -0.137. The molecule has 0 aliphatic rings. The number of carbonyl (C=O) groups excluding carboxylic acids is 1. The molecule has 0 saturated carbocycles. The highest BCUT2D eigenvalue weighted by molar-refractivity contribution is 8.00. The van der Waals surface area contributed by atoms with Crippen molar-refractivity contribution in [3.8, 4) is 5.75 Å². The molecule has 0 radical (unpaired) electrons. The van der Waals surface area contributed by atoms with E-state index in [2.05, 4.69) is 5.32 Å². The van der Waals surface area contributed by atoms with E-state index >= 15 is 0 Å². The maximum absolute atomic E-state index is 12.7. The van der Waals surface area contributed by atoms with Crippen LogP contribution in [0.15, 0.2) is 53.4 Å². The fourth-order valence-electron chi connectivity index (χ4n) is 1.99. The Morgan fingerprint density at radius 1 is 1.17 bits per heavy atom. The third-order valence-electron chi connectivity index (χ3n) is 3.21. The average Bonchev–Trinajstić information content (AvgIpc) is 2.54. The van der Waals surface area contributed by atoms with Gasteiger partial charge in [0.15, 0.2) is 0 Å². The molecule has 2 aromatic carbocycles. The predicted octanol–water partition coefficient (Wildman–Crippen LogP) is 4.83. The number of hydrogen-bond acceptors (Lipinski definition) is 3. The van der Waals surface area contributed by atoms with Crippen molar-refractivity contribution in [1.82, 2.24) is 0 Å². The molecular formula is C17H16F3NO2S. The van der Waals surface area contributed by atoms with Crippen molar-refractivity contribution in [2.75, 3.05) is 12.4 Å². The van der Waals surface area contributed by atoms with Crippen molar-refractivity contribution >= 4 is 23.4 Å². The molecule has 0 bridgehead atoms. The van der Waals surface area contributed by atoms with Gasteiger partial charge in [-0.05, 0) is 37.3 Å². The summed E-state index contributed by atoms with van der Waals surface area (Å²) in [6, 6.07) is 11.8. The summed E-state index contributed by atoms with van der Waals surface area (Å²) in [5.74, 6) is 0.198. The van der Waals surface area contributed by atoms with Gasteiger partial charge in [0.1, 0.15) is 5.75 Å². The van der Waals surface area contributed by atoms with Crippen LogP contribution < -0.4 is 10.1 Å². The van der Waals surface area contributed by atoms with Crippen LogP contribution in [0.1, 0.15) is 12.5 Å². The number of methoxy groups -OCH3 is 1.